The highest BCUT2D eigenvalue weighted by molar-refractivity contribution is 6.11. The van der Waals surface area contributed by atoms with Crippen LogP contribution in [0.25, 0.3) is 0 Å². The molecule has 0 saturated carbocycles. The first kappa shape index (κ1) is 18.9. The molecule has 1 fully saturated rings. The summed E-state index contributed by atoms with van der Waals surface area (Å²) in [6.07, 6.45) is 0. The van der Waals surface area contributed by atoms with Gasteiger partial charge in [-0.3, -0.25) is 14.5 Å². The van der Waals surface area contributed by atoms with Crippen LogP contribution in [0.1, 0.15) is 46.7 Å². The summed E-state index contributed by atoms with van der Waals surface area (Å²) < 4.78 is 2.04. The van der Waals surface area contributed by atoms with E-state index in [2.05, 4.69) is 5.32 Å². The van der Waals surface area contributed by atoms with E-state index in [9.17, 15) is 14.4 Å². The monoisotopic (exact) mass is 367 g/mol. The SMILES string of the molecule is CCn1c(C)cc(C(=O)CN2C(=O)NC(C)(c3ccc(C)cc3)C2=O)c1C. The zero-order chi connectivity index (χ0) is 19.9. The maximum atomic E-state index is 13.0. The van der Waals surface area contributed by atoms with E-state index in [0.717, 1.165) is 28.4 Å². The van der Waals surface area contributed by atoms with Crippen LogP contribution in [0.3, 0.4) is 0 Å². The molecule has 2 heterocycles. The van der Waals surface area contributed by atoms with E-state index in [4.69, 9.17) is 0 Å². The number of aryl methyl sites for hydroxylation is 2. The van der Waals surface area contributed by atoms with Gasteiger partial charge in [-0.05, 0) is 46.2 Å². The number of aromatic nitrogens is 1. The van der Waals surface area contributed by atoms with Crippen molar-refractivity contribution in [1.82, 2.24) is 14.8 Å². The standard InChI is InChI=1S/C21H25N3O3/c1-6-23-14(3)11-17(15(23)4)18(25)12-24-19(26)21(5,22-20(24)27)16-9-7-13(2)8-10-16/h7-11H,6,12H2,1-5H3,(H,22,27). The predicted octanol–water partition coefficient (Wildman–Crippen LogP) is 3.08. The number of imide groups is 1. The Morgan fingerprint density at radius 1 is 1.11 bits per heavy atom. The average Bonchev–Trinajstić information content (AvgIpc) is 3.03. The van der Waals surface area contributed by atoms with Gasteiger partial charge < -0.3 is 9.88 Å². The van der Waals surface area contributed by atoms with Crippen molar-refractivity contribution in [2.24, 2.45) is 0 Å². The lowest BCUT2D eigenvalue weighted by Gasteiger charge is -2.22. The molecule has 142 valence electrons. The molecule has 1 unspecified atom stereocenters. The van der Waals surface area contributed by atoms with Crippen molar-refractivity contribution < 1.29 is 14.4 Å². The summed E-state index contributed by atoms with van der Waals surface area (Å²) >= 11 is 0. The van der Waals surface area contributed by atoms with Gasteiger partial charge in [0.05, 0.1) is 6.54 Å². The second kappa shape index (κ2) is 6.68. The lowest BCUT2D eigenvalue weighted by atomic mass is 9.91. The number of carbonyl (C=O) groups is 3. The number of nitrogens with one attached hydrogen (secondary N) is 1. The minimum absolute atomic E-state index is 0.237. The van der Waals surface area contributed by atoms with Crippen molar-refractivity contribution in [3.05, 3.63) is 58.4 Å². The third-order valence-electron chi connectivity index (χ3n) is 5.40. The Morgan fingerprint density at radius 2 is 1.74 bits per heavy atom. The maximum Gasteiger partial charge on any atom is 0.325 e. The summed E-state index contributed by atoms with van der Waals surface area (Å²) in [5, 5.41) is 2.75. The lowest BCUT2D eigenvalue weighted by molar-refractivity contribution is -0.130. The van der Waals surface area contributed by atoms with Gasteiger partial charge in [0.25, 0.3) is 5.91 Å². The number of hydrogen-bond acceptors (Lipinski definition) is 3. The van der Waals surface area contributed by atoms with Gasteiger partial charge in [0.1, 0.15) is 5.54 Å². The van der Waals surface area contributed by atoms with E-state index in [0.29, 0.717) is 11.1 Å². The van der Waals surface area contributed by atoms with E-state index in [1.54, 1.807) is 6.92 Å². The molecule has 0 aliphatic carbocycles. The Bertz CT molecular complexity index is 927. The number of nitrogens with zero attached hydrogens (tertiary/aromatic N) is 2. The average molecular weight is 367 g/mol. The van der Waals surface area contributed by atoms with Crippen LogP contribution >= 0.6 is 0 Å². The van der Waals surface area contributed by atoms with E-state index in [1.165, 1.54) is 0 Å². The molecule has 6 heteroatoms. The normalized spacial score (nSPS) is 19.5. The van der Waals surface area contributed by atoms with Crippen molar-refractivity contribution in [2.45, 2.75) is 46.7 Å². The van der Waals surface area contributed by atoms with Crippen LogP contribution in [0.4, 0.5) is 4.79 Å². The molecule has 1 aromatic heterocycles. The molecule has 3 amide bonds. The molecule has 27 heavy (non-hydrogen) atoms. The molecular formula is C21H25N3O3. The summed E-state index contributed by atoms with van der Waals surface area (Å²) in [4.78, 5) is 39.3. The molecule has 1 aliphatic rings. The van der Waals surface area contributed by atoms with Gasteiger partial charge in [-0.15, -0.1) is 0 Å². The Morgan fingerprint density at radius 3 is 2.30 bits per heavy atom. The topological polar surface area (TPSA) is 71.4 Å². The van der Waals surface area contributed by atoms with Crippen LogP contribution in [0.15, 0.2) is 30.3 Å². The van der Waals surface area contributed by atoms with Gasteiger partial charge in [0.2, 0.25) is 0 Å². The fourth-order valence-electron chi connectivity index (χ4n) is 3.72. The van der Waals surface area contributed by atoms with E-state index >= 15 is 0 Å². The molecule has 0 bridgehead atoms. The minimum atomic E-state index is -1.16. The summed E-state index contributed by atoms with van der Waals surface area (Å²) in [6, 6.07) is 8.72. The Balaban J connectivity index is 1.86. The number of ketones is 1. The molecule has 1 atom stereocenters. The quantitative estimate of drug-likeness (QED) is 0.652. The van der Waals surface area contributed by atoms with E-state index in [-0.39, 0.29) is 12.3 Å². The van der Waals surface area contributed by atoms with Gasteiger partial charge in [-0.2, -0.15) is 0 Å². The van der Waals surface area contributed by atoms with Crippen molar-refractivity contribution in [2.75, 3.05) is 6.54 Å². The summed E-state index contributed by atoms with van der Waals surface area (Å²) in [5.41, 5.74) is 3.00. The van der Waals surface area contributed by atoms with Gasteiger partial charge in [0, 0.05) is 23.5 Å². The molecule has 0 spiro atoms. The molecule has 1 aliphatic heterocycles. The summed E-state index contributed by atoms with van der Waals surface area (Å²) in [6.45, 7) is 9.96. The highest BCUT2D eigenvalue weighted by Crippen LogP contribution is 2.29. The Labute approximate surface area is 159 Å². The van der Waals surface area contributed by atoms with E-state index < -0.39 is 17.5 Å². The fraction of sp³-hybridized carbons (Fsp3) is 0.381. The third kappa shape index (κ3) is 3.05. The minimum Gasteiger partial charge on any atom is -0.349 e. The number of carbonyl (C=O) groups excluding carboxylic acids is 3. The smallest absolute Gasteiger partial charge is 0.325 e. The molecule has 1 N–H and O–H groups in total. The van der Waals surface area contributed by atoms with Crippen LogP contribution in [0, 0.1) is 20.8 Å². The fourth-order valence-corrected chi connectivity index (χ4v) is 3.72. The molecule has 1 aromatic carbocycles. The molecule has 2 aromatic rings. The van der Waals surface area contributed by atoms with E-state index in [1.807, 2.05) is 62.6 Å². The first-order chi connectivity index (χ1) is 12.7. The van der Waals surface area contributed by atoms with Crippen LogP contribution in [-0.2, 0) is 16.9 Å². The van der Waals surface area contributed by atoms with Crippen molar-refractivity contribution in [3.63, 3.8) is 0 Å². The molecule has 6 nitrogen and oxygen atoms in total. The Kier molecular flexibility index (Phi) is 4.68. The number of Topliss-reactive ketones (excluding diaryl/α,β-unsaturated/α-hetero) is 1. The molecule has 1 saturated heterocycles. The second-order valence-corrected chi connectivity index (χ2v) is 7.26. The number of benzene rings is 1. The largest absolute Gasteiger partial charge is 0.349 e. The van der Waals surface area contributed by atoms with Crippen molar-refractivity contribution in [3.8, 4) is 0 Å². The Hall–Kier alpha value is -2.89. The van der Waals surface area contributed by atoms with Crippen LogP contribution in [0.2, 0.25) is 0 Å². The highest BCUT2D eigenvalue weighted by atomic mass is 16.2. The first-order valence-electron chi connectivity index (χ1n) is 9.10. The number of rotatable bonds is 5. The lowest BCUT2D eigenvalue weighted by Crippen LogP contribution is -2.41. The molecule has 0 radical (unpaired) electrons. The second-order valence-electron chi connectivity index (χ2n) is 7.26. The summed E-state index contributed by atoms with van der Waals surface area (Å²) in [5.74, 6) is -0.645. The highest BCUT2D eigenvalue weighted by Gasteiger charge is 2.49. The number of amides is 3. The van der Waals surface area contributed by atoms with Gasteiger partial charge in [0.15, 0.2) is 5.78 Å². The molecular weight excluding hydrogens is 342 g/mol. The van der Waals surface area contributed by atoms with Crippen molar-refractivity contribution in [1.29, 1.82) is 0 Å². The molecule has 3 rings (SSSR count). The van der Waals surface area contributed by atoms with Crippen molar-refractivity contribution >= 4 is 17.7 Å². The third-order valence-corrected chi connectivity index (χ3v) is 5.40. The zero-order valence-electron chi connectivity index (χ0n) is 16.4. The predicted molar refractivity (Wildman–Crippen MR) is 103 cm³/mol. The van der Waals surface area contributed by atoms with Crippen LogP contribution in [0.5, 0.6) is 0 Å². The van der Waals surface area contributed by atoms with Gasteiger partial charge >= 0.3 is 6.03 Å². The van der Waals surface area contributed by atoms with Gasteiger partial charge in [-0.25, -0.2) is 4.79 Å². The summed E-state index contributed by atoms with van der Waals surface area (Å²) in [7, 11) is 0. The number of hydrogen-bond donors (Lipinski definition) is 1. The maximum absolute atomic E-state index is 13.0. The van der Waals surface area contributed by atoms with Crippen LogP contribution < -0.4 is 5.32 Å². The zero-order valence-corrected chi connectivity index (χ0v) is 16.4. The number of urea groups is 1. The first-order valence-corrected chi connectivity index (χ1v) is 9.10. The van der Waals surface area contributed by atoms with Crippen LogP contribution in [-0.4, -0.2) is 33.7 Å². The van der Waals surface area contributed by atoms with Gasteiger partial charge in [-0.1, -0.05) is 29.8 Å².